The molecule has 2 amide bonds. The zero-order valence-corrected chi connectivity index (χ0v) is 28.3. The Morgan fingerprint density at radius 3 is 2.37 bits per heavy atom. The highest BCUT2D eigenvalue weighted by atomic mass is 16.7. The number of hydrogen-bond acceptors (Lipinski definition) is 13. The van der Waals surface area contributed by atoms with E-state index in [1.807, 2.05) is 12.1 Å². The number of ether oxygens (including phenoxy) is 4. The summed E-state index contributed by atoms with van der Waals surface area (Å²) in [6.45, 7) is 0.970. The van der Waals surface area contributed by atoms with Gasteiger partial charge in [-0.25, -0.2) is 0 Å². The molecule has 0 spiro atoms. The molecule has 2 aliphatic rings. The molecule has 0 aromatic heterocycles. The van der Waals surface area contributed by atoms with Gasteiger partial charge in [0.15, 0.2) is 0 Å². The molecule has 9 N–H and O–H groups in total. The fourth-order valence-corrected chi connectivity index (χ4v) is 5.96. The third-order valence-electron chi connectivity index (χ3n) is 8.84. The topological polar surface area (TPSA) is 232 Å². The van der Waals surface area contributed by atoms with Crippen molar-refractivity contribution in [2.75, 3.05) is 63.8 Å². The highest BCUT2D eigenvalue weighted by Crippen LogP contribution is 2.34. The van der Waals surface area contributed by atoms with Crippen LogP contribution in [0, 0.1) is 5.41 Å². The maximum atomic E-state index is 13.9. The molecular formula is C35H44N6O10. The number of carbonyl (C=O) groups excluding carboxylic acids is 2. The van der Waals surface area contributed by atoms with Gasteiger partial charge in [-0.1, -0.05) is 30.3 Å². The standard InChI is InChI=1S/C35H44N6O10/c1-48-22-10-11-24(26(17-22)49-2)40-12-14-41(15-13-40)28(43)18-38-34(47)29(39-21-7-5-6-20(16-21)33(36)37)23-8-3-4-9-25(23)50-35-32(46)31(45)30(44)27(19-42)51-35/h3-11,16-17,27,29-32,35,39,42,44-46H,12-15,18-19H2,1-2H3,(H3,36,37)(H,38,47). The molecule has 16 heteroatoms. The number of hydrogen-bond donors (Lipinski definition) is 8. The predicted octanol–water partition coefficient (Wildman–Crippen LogP) is -0.215. The molecule has 2 fully saturated rings. The molecule has 3 aromatic rings. The summed E-state index contributed by atoms with van der Waals surface area (Å²) in [7, 11) is 3.17. The first kappa shape index (κ1) is 37.1. The fraction of sp³-hybridized carbons (Fsp3) is 0.400. The molecule has 6 atom stereocenters. The lowest BCUT2D eigenvalue weighted by Gasteiger charge is -2.40. The van der Waals surface area contributed by atoms with Crippen molar-refractivity contribution in [2.24, 2.45) is 5.73 Å². The summed E-state index contributed by atoms with van der Waals surface area (Å²) in [5.74, 6) is 0.346. The Kier molecular flexibility index (Phi) is 12.2. The van der Waals surface area contributed by atoms with E-state index in [0.29, 0.717) is 48.9 Å². The van der Waals surface area contributed by atoms with Crippen molar-refractivity contribution in [3.8, 4) is 17.2 Å². The smallest absolute Gasteiger partial charge is 0.247 e. The van der Waals surface area contributed by atoms with Crippen molar-refractivity contribution in [3.05, 3.63) is 77.9 Å². The van der Waals surface area contributed by atoms with Crippen molar-refractivity contribution >= 4 is 29.0 Å². The van der Waals surface area contributed by atoms with Gasteiger partial charge in [0.1, 0.15) is 53.5 Å². The molecule has 2 saturated heterocycles. The van der Waals surface area contributed by atoms with E-state index in [4.69, 9.17) is 30.1 Å². The van der Waals surface area contributed by atoms with E-state index in [0.717, 1.165) is 5.69 Å². The Morgan fingerprint density at radius 1 is 0.941 bits per heavy atom. The number of aliphatic hydroxyl groups is 4. The molecule has 3 aromatic carbocycles. The van der Waals surface area contributed by atoms with E-state index in [9.17, 15) is 30.0 Å². The van der Waals surface area contributed by atoms with E-state index in [1.54, 1.807) is 67.7 Å². The normalized spacial score (nSPS) is 22.4. The van der Waals surface area contributed by atoms with Gasteiger partial charge in [-0.15, -0.1) is 0 Å². The number of nitrogen functional groups attached to an aromatic ring is 1. The Labute approximate surface area is 294 Å². The second-order valence-corrected chi connectivity index (χ2v) is 12.0. The van der Waals surface area contributed by atoms with Gasteiger partial charge in [0.2, 0.25) is 18.1 Å². The van der Waals surface area contributed by atoms with Crippen LogP contribution in [-0.4, -0.2) is 127 Å². The van der Waals surface area contributed by atoms with Crippen LogP contribution in [0.3, 0.4) is 0 Å². The summed E-state index contributed by atoms with van der Waals surface area (Å²) < 4.78 is 22.3. The number of benzene rings is 3. The highest BCUT2D eigenvalue weighted by Gasteiger charge is 2.45. The average Bonchev–Trinajstić information content (AvgIpc) is 3.16. The SMILES string of the molecule is COc1ccc(N2CCN(C(=O)CNC(=O)C(Nc3cccc(C(=N)N)c3)c3ccccc3OC3OC(CO)C(O)C(O)C3O)CC2)c(OC)c1. The van der Waals surface area contributed by atoms with Crippen molar-refractivity contribution in [1.82, 2.24) is 10.2 Å². The average molecular weight is 709 g/mol. The molecule has 0 saturated carbocycles. The molecule has 2 heterocycles. The van der Waals surface area contributed by atoms with Crippen LogP contribution in [0.1, 0.15) is 17.2 Å². The number of amides is 2. The number of nitrogens with two attached hydrogens (primary N) is 1. The first-order valence-corrected chi connectivity index (χ1v) is 16.3. The van der Waals surface area contributed by atoms with Crippen molar-refractivity contribution in [2.45, 2.75) is 36.7 Å². The predicted molar refractivity (Wildman–Crippen MR) is 186 cm³/mol. The van der Waals surface area contributed by atoms with Crippen LogP contribution < -0.4 is 35.5 Å². The lowest BCUT2D eigenvalue weighted by Crippen LogP contribution is -2.60. The summed E-state index contributed by atoms with van der Waals surface area (Å²) in [5.41, 5.74) is 7.69. The van der Waals surface area contributed by atoms with Gasteiger partial charge in [-0.05, 0) is 30.3 Å². The van der Waals surface area contributed by atoms with Gasteiger partial charge in [0, 0.05) is 49.1 Å². The number of amidine groups is 1. The fourth-order valence-electron chi connectivity index (χ4n) is 5.96. The minimum absolute atomic E-state index is 0.0774. The van der Waals surface area contributed by atoms with Crippen molar-refractivity contribution in [1.29, 1.82) is 5.41 Å². The van der Waals surface area contributed by atoms with Crippen LogP contribution in [0.5, 0.6) is 17.2 Å². The number of piperazine rings is 1. The number of rotatable bonds is 13. The molecule has 5 rings (SSSR count). The Hall–Kier alpha value is -5.13. The van der Waals surface area contributed by atoms with Crippen LogP contribution >= 0.6 is 0 Å². The number of anilines is 2. The van der Waals surface area contributed by atoms with Crippen molar-refractivity contribution in [3.63, 3.8) is 0 Å². The van der Waals surface area contributed by atoms with Gasteiger partial charge in [0.25, 0.3) is 0 Å². The van der Waals surface area contributed by atoms with Crippen LogP contribution in [0.4, 0.5) is 11.4 Å². The number of methoxy groups -OCH3 is 2. The first-order valence-electron chi connectivity index (χ1n) is 16.3. The van der Waals surface area contributed by atoms with Crippen LogP contribution in [0.15, 0.2) is 66.7 Å². The lowest BCUT2D eigenvalue weighted by atomic mass is 9.99. The Morgan fingerprint density at radius 2 is 1.69 bits per heavy atom. The van der Waals surface area contributed by atoms with Crippen LogP contribution in [-0.2, 0) is 14.3 Å². The molecule has 51 heavy (non-hydrogen) atoms. The summed E-state index contributed by atoms with van der Waals surface area (Å²) in [4.78, 5) is 31.0. The Balaban J connectivity index is 1.31. The van der Waals surface area contributed by atoms with Gasteiger partial charge in [-0.3, -0.25) is 15.0 Å². The molecule has 6 unspecified atom stereocenters. The maximum Gasteiger partial charge on any atom is 0.247 e. The highest BCUT2D eigenvalue weighted by molar-refractivity contribution is 5.96. The third kappa shape index (κ3) is 8.61. The number of nitrogens with one attached hydrogen (secondary N) is 3. The van der Waals surface area contributed by atoms with Gasteiger partial charge < -0.3 is 65.5 Å². The van der Waals surface area contributed by atoms with Gasteiger partial charge >= 0.3 is 0 Å². The molecular weight excluding hydrogens is 664 g/mol. The Bertz CT molecular complexity index is 1680. The lowest BCUT2D eigenvalue weighted by molar-refractivity contribution is -0.277. The second-order valence-electron chi connectivity index (χ2n) is 12.0. The zero-order chi connectivity index (χ0) is 36.7. The molecule has 16 nitrogen and oxygen atoms in total. The van der Waals surface area contributed by atoms with E-state index < -0.39 is 49.3 Å². The second kappa shape index (κ2) is 16.7. The van der Waals surface area contributed by atoms with Gasteiger partial charge in [0.05, 0.1) is 33.1 Å². The zero-order valence-electron chi connectivity index (χ0n) is 28.3. The van der Waals surface area contributed by atoms with Crippen LogP contribution in [0.25, 0.3) is 0 Å². The number of carbonyl (C=O) groups is 2. The number of para-hydroxylation sites is 1. The van der Waals surface area contributed by atoms with E-state index in [2.05, 4.69) is 15.5 Å². The number of nitrogens with zero attached hydrogens (tertiary/aromatic N) is 2. The maximum absolute atomic E-state index is 13.9. The molecule has 274 valence electrons. The summed E-state index contributed by atoms with van der Waals surface area (Å²) in [6, 6.07) is 17.3. The molecule has 0 radical (unpaired) electrons. The van der Waals surface area contributed by atoms with Crippen molar-refractivity contribution < 1.29 is 49.0 Å². The quantitative estimate of drug-likeness (QED) is 0.0849. The third-order valence-corrected chi connectivity index (χ3v) is 8.84. The minimum Gasteiger partial charge on any atom is -0.497 e. The molecule has 0 aliphatic carbocycles. The van der Waals surface area contributed by atoms with E-state index in [-0.39, 0.29) is 29.6 Å². The van der Waals surface area contributed by atoms with E-state index in [1.165, 1.54) is 6.07 Å². The molecule has 0 bridgehead atoms. The minimum atomic E-state index is -1.69. The van der Waals surface area contributed by atoms with E-state index >= 15 is 0 Å². The largest absolute Gasteiger partial charge is 0.497 e. The summed E-state index contributed by atoms with van der Waals surface area (Å²) in [6.07, 6.45) is -7.67. The number of aliphatic hydroxyl groups excluding tert-OH is 4. The first-order chi connectivity index (χ1) is 24.5. The monoisotopic (exact) mass is 708 g/mol. The van der Waals surface area contributed by atoms with Crippen LogP contribution in [0.2, 0.25) is 0 Å². The summed E-state index contributed by atoms with van der Waals surface area (Å²) >= 11 is 0. The summed E-state index contributed by atoms with van der Waals surface area (Å²) in [5, 5.41) is 54.4. The molecule has 2 aliphatic heterocycles. The van der Waals surface area contributed by atoms with Gasteiger partial charge in [-0.2, -0.15) is 0 Å².